The monoisotopic (exact) mass is 338 g/mol. The molecule has 4 rings (SSSR count). The largest absolute Gasteiger partial charge is 0.330 e. The van der Waals surface area contributed by atoms with E-state index in [0.717, 1.165) is 43.6 Å². The second-order valence-electron chi connectivity index (χ2n) is 7.52. The zero-order chi connectivity index (χ0) is 17.4. The Morgan fingerprint density at radius 2 is 2.04 bits per heavy atom. The van der Waals surface area contributed by atoms with Crippen molar-refractivity contribution in [3.63, 3.8) is 0 Å². The number of amides is 1. The number of nitrogens with one attached hydrogen (secondary N) is 2. The summed E-state index contributed by atoms with van der Waals surface area (Å²) in [5, 5.41) is 10.8. The van der Waals surface area contributed by atoms with Crippen molar-refractivity contribution in [2.24, 2.45) is 0 Å². The zero-order valence-corrected chi connectivity index (χ0v) is 15.0. The highest BCUT2D eigenvalue weighted by Gasteiger charge is 2.35. The maximum atomic E-state index is 13.2. The van der Waals surface area contributed by atoms with Gasteiger partial charge in [0.2, 0.25) is 0 Å². The molecule has 25 heavy (non-hydrogen) atoms. The molecule has 2 N–H and O–H groups in total. The van der Waals surface area contributed by atoms with Gasteiger partial charge in [-0.2, -0.15) is 5.10 Å². The van der Waals surface area contributed by atoms with Crippen molar-refractivity contribution < 1.29 is 4.79 Å². The van der Waals surface area contributed by atoms with Gasteiger partial charge in [0.25, 0.3) is 5.91 Å². The number of carbonyl (C=O) groups excluding carboxylic acids is 1. The third kappa shape index (κ3) is 3.33. The first-order chi connectivity index (χ1) is 12.1. The number of hydrogen-bond donors (Lipinski definition) is 2. The lowest BCUT2D eigenvalue weighted by molar-refractivity contribution is 0.0722. The first-order valence-corrected chi connectivity index (χ1v) is 9.30. The van der Waals surface area contributed by atoms with E-state index in [1.54, 1.807) is 0 Å². The van der Waals surface area contributed by atoms with Gasteiger partial charge in [0.15, 0.2) is 5.69 Å². The molecule has 2 aliphatic rings. The van der Waals surface area contributed by atoms with Gasteiger partial charge in [0, 0.05) is 43.4 Å². The number of nitrogens with zero attached hydrogens (tertiary/aromatic N) is 2. The average Bonchev–Trinajstić information content (AvgIpc) is 3.38. The molecule has 1 aromatic carbocycles. The van der Waals surface area contributed by atoms with Crippen LogP contribution < -0.4 is 5.32 Å². The molecule has 0 radical (unpaired) electrons. The summed E-state index contributed by atoms with van der Waals surface area (Å²) >= 11 is 0. The molecule has 1 fully saturated rings. The highest BCUT2D eigenvalue weighted by atomic mass is 16.2. The fraction of sp³-hybridized carbons (Fsp3) is 0.500. The van der Waals surface area contributed by atoms with Crippen molar-refractivity contribution in [3.05, 3.63) is 52.3 Å². The van der Waals surface area contributed by atoms with Crippen LogP contribution in [-0.2, 0) is 19.5 Å². The van der Waals surface area contributed by atoms with Crippen LogP contribution in [0.25, 0.3) is 0 Å². The van der Waals surface area contributed by atoms with Crippen LogP contribution in [0, 0.1) is 0 Å². The molecule has 0 unspecified atom stereocenters. The van der Waals surface area contributed by atoms with Gasteiger partial charge in [-0.1, -0.05) is 38.1 Å². The van der Waals surface area contributed by atoms with Crippen LogP contribution in [0.15, 0.2) is 24.3 Å². The second-order valence-corrected chi connectivity index (χ2v) is 7.52. The Bertz CT molecular complexity index is 759. The van der Waals surface area contributed by atoms with E-state index in [0.29, 0.717) is 24.2 Å². The third-order valence-electron chi connectivity index (χ3n) is 5.26. The molecule has 5 nitrogen and oxygen atoms in total. The molecule has 0 atom stereocenters. The number of carbonyl (C=O) groups is 1. The lowest BCUT2D eigenvalue weighted by atomic mass is 10.0. The maximum Gasteiger partial charge on any atom is 0.275 e. The van der Waals surface area contributed by atoms with E-state index >= 15 is 0 Å². The Balaban J connectivity index is 1.55. The normalized spacial score (nSPS) is 16.8. The molecule has 1 aliphatic carbocycles. The number of hydrogen-bond acceptors (Lipinski definition) is 3. The number of fused-ring (bicyclic) bond motifs is 1. The SMILES string of the molecule is CC(C)c1ccc(CN(C(=O)c2n[nH]c3c2CNCC3)C2CC2)cc1. The third-order valence-corrected chi connectivity index (χ3v) is 5.26. The van der Waals surface area contributed by atoms with Gasteiger partial charge in [-0.25, -0.2) is 0 Å². The predicted molar refractivity (Wildman–Crippen MR) is 97.4 cm³/mol. The molecule has 0 spiro atoms. The van der Waals surface area contributed by atoms with Gasteiger partial charge in [0.1, 0.15) is 0 Å². The minimum absolute atomic E-state index is 0.0663. The first kappa shape index (κ1) is 16.3. The van der Waals surface area contributed by atoms with Crippen molar-refractivity contribution in [1.29, 1.82) is 0 Å². The molecule has 1 amide bonds. The molecular formula is C20H26N4O. The fourth-order valence-corrected chi connectivity index (χ4v) is 3.50. The van der Waals surface area contributed by atoms with Crippen molar-refractivity contribution in [1.82, 2.24) is 20.4 Å². The van der Waals surface area contributed by atoms with Crippen LogP contribution in [0.3, 0.4) is 0 Å². The average molecular weight is 338 g/mol. The zero-order valence-electron chi connectivity index (χ0n) is 15.0. The molecule has 132 valence electrons. The topological polar surface area (TPSA) is 61.0 Å². The fourth-order valence-electron chi connectivity index (χ4n) is 3.50. The van der Waals surface area contributed by atoms with Crippen LogP contribution >= 0.6 is 0 Å². The van der Waals surface area contributed by atoms with Gasteiger partial charge >= 0.3 is 0 Å². The van der Waals surface area contributed by atoms with E-state index in [2.05, 4.69) is 53.6 Å². The lowest BCUT2D eigenvalue weighted by Crippen LogP contribution is -2.34. The van der Waals surface area contributed by atoms with Crippen LogP contribution in [0.5, 0.6) is 0 Å². The van der Waals surface area contributed by atoms with Crippen molar-refractivity contribution >= 4 is 5.91 Å². The highest BCUT2D eigenvalue weighted by Crippen LogP contribution is 2.31. The summed E-state index contributed by atoms with van der Waals surface area (Å²) in [7, 11) is 0. The number of benzene rings is 1. The Kier molecular flexibility index (Phi) is 4.34. The quantitative estimate of drug-likeness (QED) is 0.881. The Hall–Kier alpha value is -2.14. The van der Waals surface area contributed by atoms with Crippen molar-refractivity contribution in [2.45, 2.75) is 58.2 Å². The summed E-state index contributed by atoms with van der Waals surface area (Å²) in [5.74, 6) is 0.593. The minimum Gasteiger partial charge on any atom is -0.330 e. The van der Waals surface area contributed by atoms with Crippen molar-refractivity contribution in [3.8, 4) is 0 Å². The summed E-state index contributed by atoms with van der Waals surface area (Å²) in [5.41, 5.74) is 5.29. The van der Waals surface area contributed by atoms with E-state index in [4.69, 9.17) is 0 Å². The summed E-state index contributed by atoms with van der Waals surface area (Å²) in [6.07, 6.45) is 3.11. The van der Waals surface area contributed by atoms with Crippen molar-refractivity contribution in [2.75, 3.05) is 6.54 Å². The Morgan fingerprint density at radius 1 is 1.28 bits per heavy atom. The van der Waals surface area contributed by atoms with Gasteiger partial charge < -0.3 is 10.2 Å². The molecule has 2 aromatic rings. The van der Waals surface area contributed by atoms with Crippen LogP contribution in [0.1, 0.15) is 65.5 Å². The Labute approximate surface area is 148 Å². The molecule has 2 heterocycles. The molecule has 0 saturated heterocycles. The number of rotatable bonds is 5. The number of H-pyrrole nitrogens is 1. The lowest BCUT2D eigenvalue weighted by Gasteiger charge is -2.23. The van der Waals surface area contributed by atoms with Crippen LogP contribution in [0.4, 0.5) is 0 Å². The van der Waals surface area contributed by atoms with E-state index in [1.807, 2.05) is 4.90 Å². The highest BCUT2D eigenvalue weighted by molar-refractivity contribution is 5.94. The summed E-state index contributed by atoms with van der Waals surface area (Å²) in [6.45, 7) is 6.73. The second kappa shape index (κ2) is 6.64. The van der Waals surface area contributed by atoms with E-state index in [-0.39, 0.29) is 5.91 Å². The van der Waals surface area contributed by atoms with Gasteiger partial charge in [-0.15, -0.1) is 0 Å². The number of aromatic amines is 1. The van der Waals surface area contributed by atoms with Gasteiger partial charge in [-0.05, 0) is 29.9 Å². The molecule has 0 bridgehead atoms. The van der Waals surface area contributed by atoms with Crippen LogP contribution in [-0.4, -0.2) is 33.6 Å². The van der Waals surface area contributed by atoms with Crippen LogP contribution in [0.2, 0.25) is 0 Å². The van der Waals surface area contributed by atoms with E-state index < -0.39 is 0 Å². The predicted octanol–water partition coefficient (Wildman–Crippen LogP) is 2.98. The Morgan fingerprint density at radius 3 is 2.72 bits per heavy atom. The van der Waals surface area contributed by atoms with E-state index in [9.17, 15) is 4.79 Å². The molecule has 5 heteroatoms. The van der Waals surface area contributed by atoms with Gasteiger partial charge in [-0.3, -0.25) is 9.89 Å². The summed E-state index contributed by atoms with van der Waals surface area (Å²) in [4.78, 5) is 15.2. The number of aromatic nitrogens is 2. The summed E-state index contributed by atoms with van der Waals surface area (Å²) < 4.78 is 0. The molecule has 1 aliphatic heterocycles. The smallest absolute Gasteiger partial charge is 0.275 e. The molecular weight excluding hydrogens is 312 g/mol. The minimum atomic E-state index is 0.0663. The maximum absolute atomic E-state index is 13.2. The van der Waals surface area contributed by atoms with Gasteiger partial charge in [0.05, 0.1) is 0 Å². The standard InChI is InChI=1S/C20H26N4O/c1-13(2)15-5-3-14(4-6-15)12-24(16-7-8-16)20(25)19-17-11-21-10-9-18(17)22-23-19/h3-6,13,16,21H,7-12H2,1-2H3,(H,22,23). The van der Waals surface area contributed by atoms with E-state index in [1.165, 1.54) is 11.1 Å². The molecule has 1 saturated carbocycles. The summed E-state index contributed by atoms with van der Waals surface area (Å²) in [6, 6.07) is 9.02. The first-order valence-electron chi connectivity index (χ1n) is 9.30. The molecule has 1 aromatic heterocycles.